The lowest BCUT2D eigenvalue weighted by molar-refractivity contribution is -0.141. The molecule has 124 valence electrons. The third kappa shape index (κ3) is 5.50. The molecule has 0 aliphatic rings. The number of rotatable bonds is 7. The van der Waals surface area contributed by atoms with Gasteiger partial charge in [-0.2, -0.15) is 13.2 Å². The Morgan fingerprint density at radius 3 is 2.52 bits per heavy atom. The minimum Gasteiger partial charge on any atom is -0.387 e. The molecular weight excluding hydrogens is 309 g/mol. The first-order chi connectivity index (χ1) is 11.0. The van der Waals surface area contributed by atoms with Crippen molar-refractivity contribution in [3.05, 3.63) is 53.9 Å². The summed E-state index contributed by atoms with van der Waals surface area (Å²) < 4.78 is 37.5. The smallest absolute Gasteiger partial charge is 0.387 e. The van der Waals surface area contributed by atoms with Gasteiger partial charge in [0.1, 0.15) is 5.69 Å². The lowest BCUT2D eigenvalue weighted by atomic mass is 10.1. The maximum Gasteiger partial charge on any atom is 0.433 e. The molecule has 5 nitrogen and oxygen atoms in total. The van der Waals surface area contributed by atoms with E-state index in [9.17, 15) is 18.3 Å². The van der Waals surface area contributed by atoms with Crippen molar-refractivity contribution >= 4 is 5.95 Å². The summed E-state index contributed by atoms with van der Waals surface area (Å²) in [5.41, 5.74) is -0.184. The van der Waals surface area contributed by atoms with Gasteiger partial charge in [0.2, 0.25) is 5.95 Å². The number of aromatic nitrogens is 2. The van der Waals surface area contributed by atoms with Crippen molar-refractivity contribution in [2.75, 3.05) is 25.0 Å². The molecule has 0 saturated heterocycles. The van der Waals surface area contributed by atoms with Gasteiger partial charge in [-0.1, -0.05) is 30.3 Å². The Kier molecular flexibility index (Phi) is 5.89. The first-order valence-corrected chi connectivity index (χ1v) is 7.04. The zero-order valence-electron chi connectivity index (χ0n) is 12.2. The fraction of sp³-hybridized carbons (Fsp3) is 0.333. The van der Waals surface area contributed by atoms with Gasteiger partial charge in [0, 0.05) is 25.8 Å². The Morgan fingerprint density at radius 1 is 1.09 bits per heavy atom. The summed E-state index contributed by atoms with van der Waals surface area (Å²) in [4.78, 5) is 7.13. The van der Waals surface area contributed by atoms with Crippen LogP contribution in [0.4, 0.5) is 19.1 Å². The van der Waals surface area contributed by atoms with E-state index in [0.717, 1.165) is 17.8 Å². The van der Waals surface area contributed by atoms with Crippen LogP contribution in [0.3, 0.4) is 0 Å². The van der Waals surface area contributed by atoms with Gasteiger partial charge < -0.3 is 15.7 Å². The van der Waals surface area contributed by atoms with Crippen LogP contribution in [0, 0.1) is 0 Å². The third-order valence-corrected chi connectivity index (χ3v) is 3.05. The molecule has 0 saturated carbocycles. The van der Waals surface area contributed by atoms with Crippen molar-refractivity contribution < 1.29 is 18.3 Å². The standard InChI is InChI=1S/C15H17F3N4O/c16-15(17,18)13-6-7-20-14(22-13)21-9-8-19-10-12(23)11-4-2-1-3-5-11/h1-7,12,19,23H,8-10H2,(H,20,21,22)/t12-/m0/s1. The lowest BCUT2D eigenvalue weighted by Gasteiger charge is -2.12. The molecule has 0 amide bonds. The molecule has 8 heteroatoms. The number of aliphatic hydroxyl groups is 1. The number of halogens is 3. The number of hydrogen-bond donors (Lipinski definition) is 3. The van der Waals surface area contributed by atoms with Crippen LogP contribution in [0.25, 0.3) is 0 Å². The summed E-state index contributed by atoms with van der Waals surface area (Å²) in [6.45, 7) is 1.13. The molecule has 1 aromatic carbocycles. The first kappa shape index (κ1) is 17.2. The summed E-state index contributed by atoms with van der Waals surface area (Å²) in [5, 5.41) is 15.6. The van der Waals surface area contributed by atoms with E-state index in [2.05, 4.69) is 20.6 Å². The number of alkyl halides is 3. The Balaban J connectivity index is 1.72. The highest BCUT2D eigenvalue weighted by atomic mass is 19.4. The van der Waals surface area contributed by atoms with Crippen LogP contribution in [-0.4, -0.2) is 34.7 Å². The molecule has 1 aromatic heterocycles. The molecule has 1 heterocycles. The quantitative estimate of drug-likeness (QED) is 0.681. The van der Waals surface area contributed by atoms with Gasteiger partial charge in [0.05, 0.1) is 6.10 Å². The van der Waals surface area contributed by atoms with E-state index in [1.165, 1.54) is 0 Å². The molecule has 1 atom stereocenters. The topological polar surface area (TPSA) is 70.1 Å². The normalized spacial score (nSPS) is 12.9. The molecular formula is C15H17F3N4O. The SMILES string of the molecule is O[C@@H](CNCCNc1nccc(C(F)(F)F)n1)c1ccccc1. The van der Waals surface area contributed by atoms with Gasteiger partial charge in [-0.05, 0) is 11.6 Å². The number of aliphatic hydroxyl groups excluding tert-OH is 1. The van der Waals surface area contributed by atoms with E-state index in [0.29, 0.717) is 19.6 Å². The Hall–Kier alpha value is -2.19. The molecule has 2 rings (SSSR count). The van der Waals surface area contributed by atoms with Crippen LogP contribution in [0.15, 0.2) is 42.6 Å². The summed E-state index contributed by atoms with van der Waals surface area (Å²) in [5.74, 6) is -0.0785. The van der Waals surface area contributed by atoms with Crippen LogP contribution in [-0.2, 0) is 6.18 Å². The first-order valence-electron chi connectivity index (χ1n) is 7.04. The van der Waals surface area contributed by atoms with Gasteiger partial charge in [0.25, 0.3) is 0 Å². The summed E-state index contributed by atoms with van der Waals surface area (Å²) >= 11 is 0. The summed E-state index contributed by atoms with van der Waals surface area (Å²) in [6, 6.07) is 10.0. The van der Waals surface area contributed by atoms with Crippen molar-refractivity contribution in [2.45, 2.75) is 12.3 Å². The van der Waals surface area contributed by atoms with Gasteiger partial charge in [-0.25, -0.2) is 9.97 Å². The van der Waals surface area contributed by atoms with Crippen molar-refractivity contribution in [1.82, 2.24) is 15.3 Å². The van der Waals surface area contributed by atoms with Crippen LogP contribution in [0.2, 0.25) is 0 Å². The average molecular weight is 326 g/mol. The summed E-state index contributed by atoms with van der Waals surface area (Å²) in [6.07, 6.45) is -4.07. The highest BCUT2D eigenvalue weighted by molar-refractivity contribution is 5.26. The van der Waals surface area contributed by atoms with Crippen molar-refractivity contribution in [1.29, 1.82) is 0 Å². The van der Waals surface area contributed by atoms with Gasteiger partial charge >= 0.3 is 6.18 Å². The van der Waals surface area contributed by atoms with E-state index in [1.807, 2.05) is 30.3 Å². The monoisotopic (exact) mass is 326 g/mol. The second-order valence-electron chi connectivity index (χ2n) is 4.82. The largest absolute Gasteiger partial charge is 0.433 e. The van der Waals surface area contributed by atoms with Gasteiger partial charge in [-0.15, -0.1) is 0 Å². The van der Waals surface area contributed by atoms with E-state index in [-0.39, 0.29) is 5.95 Å². The zero-order chi connectivity index (χ0) is 16.7. The second-order valence-corrected chi connectivity index (χ2v) is 4.82. The molecule has 0 unspecified atom stereocenters. The molecule has 0 fully saturated rings. The third-order valence-electron chi connectivity index (χ3n) is 3.05. The van der Waals surface area contributed by atoms with Crippen molar-refractivity contribution in [3.8, 4) is 0 Å². The molecule has 0 radical (unpaired) electrons. The molecule has 23 heavy (non-hydrogen) atoms. The Labute approximate surface area is 131 Å². The van der Waals surface area contributed by atoms with Crippen LogP contribution in [0.5, 0.6) is 0 Å². The Bertz CT molecular complexity index is 607. The van der Waals surface area contributed by atoms with Crippen LogP contribution in [0.1, 0.15) is 17.4 Å². The number of nitrogens with zero attached hydrogens (tertiary/aromatic N) is 2. The maximum atomic E-state index is 12.5. The molecule has 0 aliphatic carbocycles. The number of anilines is 1. The predicted octanol–water partition coefficient (Wildman–Crippen LogP) is 2.23. The summed E-state index contributed by atoms with van der Waals surface area (Å²) in [7, 11) is 0. The fourth-order valence-corrected chi connectivity index (χ4v) is 1.90. The van der Waals surface area contributed by atoms with Crippen molar-refractivity contribution in [2.24, 2.45) is 0 Å². The number of nitrogens with one attached hydrogen (secondary N) is 2. The average Bonchev–Trinajstić information content (AvgIpc) is 2.54. The molecule has 3 N–H and O–H groups in total. The van der Waals surface area contributed by atoms with Crippen LogP contribution >= 0.6 is 0 Å². The predicted molar refractivity (Wildman–Crippen MR) is 79.8 cm³/mol. The van der Waals surface area contributed by atoms with E-state index >= 15 is 0 Å². The highest BCUT2D eigenvalue weighted by Crippen LogP contribution is 2.27. The minimum atomic E-state index is -4.49. The zero-order valence-corrected chi connectivity index (χ0v) is 12.2. The molecule has 0 aliphatic heterocycles. The molecule has 2 aromatic rings. The van der Waals surface area contributed by atoms with E-state index in [4.69, 9.17) is 0 Å². The highest BCUT2D eigenvalue weighted by Gasteiger charge is 2.32. The maximum absolute atomic E-state index is 12.5. The minimum absolute atomic E-state index is 0.0785. The van der Waals surface area contributed by atoms with Crippen molar-refractivity contribution in [3.63, 3.8) is 0 Å². The second kappa shape index (κ2) is 7.89. The van der Waals surface area contributed by atoms with Gasteiger partial charge in [-0.3, -0.25) is 0 Å². The van der Waals surface area contributed by atoms with Gasteiger partial charge in [0.15, 0.2) is 0 Å². The van der Waals surface area contributed by atoms with Crippen LogP contribution < -0.4 is 10.6 Å². The van der Waals surface area contributed by atoms with E-state index < -0.39 is 18.0 Å². The Morgan fingerprint density at radius 2 is 1.83 bits per heavy atom. The lowest BCUT2D eigenvalue weighted by Crippen LogP contribution is -2.27. The number of hydrogen-bond acceptors (Lipinski definition) is 5. The van der Waals surface area contributed by atoms with E-state index in [1.54, 1.807) is 0 Å². The fourth-order valence-electron chi connectivity index (χ4n) is 1.90. The number of benzene rings is 1. The molecule has 0 spiro atoms. The molecule has 0 bridgehead atoms.